The third kappa shape index (κ3) is 3.90. The molecule has 2 aromatic rings. The van der Waals surface area contributed by atoms with Crippen LogP contribution in [0, 0.1) is 6.92 Å². The van der Waals surface area contributed by atoms with Crippen molar-refractivity contribution in [2.45, 2.75) is 18.5 Å². The molecule has 0 radical (unpaired) electrons. The standard InChI is InChI=1S/C12H14N2O3S.Na.H/c1-9-7-13-14(12(9)18(15)16)8-10-3-5-11(17-2)6-4-10;;/h3-7H,8H2,1-2H3,(H,15,16);;/q;+1;-1. The van der Waals surface area contributed by atoms with E-state index >= 15 is 0 Å². The van der Waals surface area contributed by atoms with Gasteiger partial charge in [-0.15, -0.1) is 0 Å². The summed E-state index contributed by atoms with van der Waals surface area (Å²) in [5.41, 5.74) is 1.70. The molecule has 2 rings (SSSR count). The van der Waals surface area contributed by atoms with Crippen LogP contribution in [0.3, 0.4) is 0 Å². The van der Waals surface area contributed by atoms with Gasteiger partial charge >= 0.3 is 29.6 Å². The molecule has 0 spiro atoms. The van der Waals surface area contributed by atoms with Crippen molar-refractivity contribution in [1.29, 1.82) is 0 Å². The summed E-state index contributed by atoms with van der Waals surface area (Å²) in [6.45, 7) is 2.22. The fourth-order valence-electron chi connectivity index (χ4n) is 1.71. The van der Waals surface area contributed by atoms with Crippen LogP contribution in [0.15, 0.2) is 35.5 Å². The summed E-state index contributed by atoms with van der Waals surface area (Å²) in [4.78, 5) is 0. The van der Waals surface area contributed by atoms with Crippen LogP contribution in [0.25, 0.3) is 0 Å². The monoisotopic (exact) mass is 290 g/mol. The predicted octanol–water partition coefficient (Wildman–Crippen LogP) is -1.05. The van der Waals surface area contributed by atoms with E-state index in [-0.39, 0.29) is 31.0 Å². The maximum absolute atomic E-state index is 11.2. The van der Waals surface area contributed by atoms with Gasteiger partial charge in [-0.05, 0) is 24.6 Å². The molecule has 98 valence electrons. The smallest absolute Gasteiger partial charge is 1.00 e. The molecule has 0 fully saturated rings. The Morgan fingerprint density at radius 3 is 2.58 bits per heavy atom. The fourth-order valence-corrected chi connectivity index (χ4v) is 2.33. The molecule has 1 N–H and O–H groups in total. The third-order valence-electron chi connectivity index (χ3n) is 2.62. The Morgan fingerprint density at radius 2 is 2.05 bits per heavy atom. The fraction of sp³-hybridized carbons (Fsp3) is 0.250. The van der Waals surface area contributed by atoms with E-state index in [0.717, 1.165) is 11.3 Å². The van der Waals surface area contributed by atoms with E-state index in [0.29, 0.717) is 17.1 Å². The Hall–Kier alpha value is -0.660. The van der Waals surface area contributed by atoms with E-state index in [1.54, 1.807) is 20.2 Å². The Labute approximate surface area is 138 Å². The van der Waals surface area contributed by atoms with Crippen LogP contribution >= 0.6 is 0 Å². The van der Waals surface area contributed by atoms with Crippen molar-refractivity contribution in [3.05, 3.63) is 41.6 Å². The Bertz CT molecular complexity index is 575. The van der Waals surface area contributed by atoms with E-state index in [4.69, 9.17) is 4.74 Å². The minimum absolute atomic E-state index is 0. The van der Waals surface area contributed by atoms with Crippen LogP contribution in [-0.2, 0) is 17.6 Å². The van der Waals surface area contributed by atoms with Crippen LogP contribution in [0.4, 0.5) is 0 Å². The SMILES string of the molecule is COc1ccc(Cn2ncc(C)c2S(=O)O)cc1.[H-].[Na+]. The van der Waals surface area contributed by atoms with Gasteiger partial charge in [-0.3, -0.25) is 0 Å². The van der Waals surface area contributed by atoms with E-state index in [1.807, 2.05) is 24.3 Å². The zero-order valence-corrected chi connectivity index (χ0v) is 14.0. The van der Waals surface area contributed by atoms with Gasteiger partial charge in [-0.2, -0.15) is 5.10 Å². The van der Waals surface area contributed by atoms with Crippen LogP contribution in [0.1, 0.15) is 12.6 Å². The van der Waals surface area contributed by atoms with E-state index in [1.165, 1.54) is 4.68 Å². The average molecular weight is 290 g/mol. The number of nitrogens with zero attached hydrogens (tertiary/aromatic N) is 2. The molecule has 0 aliphatic heterocycles. The second-order valence-corrected chi connectivity index (χ2v) is 4.77. The summed E-state index contributed by atoms with van der Waals surface area (Å²) < 4.78 is 27.1. The summed E-state index contributed by atoms with van der Waals surface area (Å²) >= 11 is -2.02. The normalized spacial score (nSPS) is 11.7. The molecule has 0 saturated heterocycles. The van der Waals surface area contributed by atoms with Gasteiger partial charge in [-0.25, -0.2) is 8.89 Å². The van der Waals surface area contributed by atoms with Crippen LogP contribution in [0.2, 0.25) is 0 Å². The van der Waals surface area contributed by atoms with E-state index < -0.39 is 11.1 Å². The summed E-state index contributed by atoms with van der Waals surface area (Å²) in [5.74, 6) is 0.779. The van der Waals surface area contributed by atoms with Gasteiger partial charge in [0.05, 0.1) is 19.9 Å². The zero-order chi connectivity index (χ0) is 13.1. The van der Waals surface area contributed by atoms with Crippen molar-refractivity contribution < 1.29 is 44.5 Å². The van der Waals surface area contributed by atoms with E-state index in [2.05, 4.69) is 5.10 Å². The maximum Gasteiger partial charge on any atom is 1.00 e. The zero-order valence-electron chi connectivity index (χ0n) is 12.2. The second-order valence-electron chi connectivity index (χ2n) is 3.89. The van der Waals surface area contributed by atoms with Crippen LogP contribution in [-0.4, -0.2) is 25.7 Å². The number of ether oxygens (including phenoxy) is 1. The van der Waals surface area contributed by atoms with Crippen molar-refractivity contribution in [2.24, 2.45) is 0 Å². The average Bonchev–Trinajstić information content (AvgIpc) is 2.71. The molecule has 0 amide bonds. The minimum atomic E-state index is -2.02. The Balaban J connectivity index is 0.00000180. The second kappa shape index (κ2) is 7.21. The van der Waals surface area contributed by atoms with Crippen molar-refractivity contribution in [2.75, 3.05) is 7.11 Å². The number of hydrogen-bond acceptors (Lipinski definition) is 3. The summed E-state index contributed by atoms with van der Waals surface area (Å²) in [6.07, 6.45) is 1.59. The molecule has 5 nitrogen and oxygen atoms in total. The van der Waals surface area contributed by atoms with Crippen LogP contribution < -0.4 is 34.3 Å². The molecule has 1 unspecified atom stereocenters. The molecule has 1 aromatic heterocycles. The van der Waals surface area contributed by atoms with E-state index in [9.17, 15) is 8.76 Å². The van der Waals surface area contributed by atoms with Crippen molar-refractivity contribution in [1.82, 2.24) is 9.78 Å². The molecule has 0 bridgehead atoms. The summed E-state index contributed by atoms with van der Waals surface area (Å²) in [6, 6.07) is 7.50. The van der Waals surface area contributed by atoms with Crippen molar-refractivity contribution >= 4 is 11.1 Å². The minimum Gasteiger partial charge on any atom is -1.00 e. The quantitative estimate of drug-likeness (QED) is 0.576. The summed E-state index contributed by atoms with van der Waals surface area (Å²) in [5, 5.41) is 4.45. The van der Waals surface area contributed by atoms with Gasteiger partial charge in [0, 0.05) is 5.56 Å². The van der Waals surface area contributed by atoms with Gasteiger partial charge in [0.2, 0.25) is 11.1 Å². The molecule has 1 heterocycles. The first-order chi connectivity index (χ1) is 8.61. The number of methoxy groups -OCH3 is 1. The van der Waals surface area contributed by atoms with Crippen LogP contribution in [0.5, 0.6) is 5.75 Å². The first-order valence-electron chi connectivity index (χ1n) is 5.38. The molecule has 0 aliphatic carbocycles. The molecule has 19 heavy (non-hydrogen) atoms. The number of aromatic nitrogens is 2. The molecule has 1 atom stereocenters. The molecular formula is C12H15N2NaO3S. The number of benzene rings is 1. The van der Waals surface area contributed by atoms with Crippen molar-refractivity contribution in [3.63, 3.8) is 0 Å². The van der Waals surface area contributed by atoms with Crippen molar-refractivity contribution in [3.8, 4) is 5.75 Å². The topological polar surface area (TPSA) is 64.4 Å². The van der Waals surface area contributed by atoms with Gasteiger partial charge in [-0.1, -0.05) is 12.1 Å². The first kappa shape index (κ1) is 16.4. The predicted molar refractivity (Wildman–Crippen MR) is 69.2 cm³/mol. The van der Waals surface area contributed by atoms with Gasteiger partial charge in [0.15, 0.2) is 5.03 Å². The molecule has 1 aromatic carbocycles. The number of hydrogen-bond donors (Lipinski definition) is 1. The largest absolute Gasteiger partial charge is 1.00 e. The first-order valence-corrected chi connectivity index (χ1v) is 6.48. The Morgan fingerprint density at radius 1 is 1.42 bits per heavy atom. The molecular weight excluding hydrogens is 275 g/mol. The number of aryl methyl sites for hydroxylation is 1. The number of rotatable bonds is 4. The van der Waals surface area contributed by atoms with Gasteiger partial charge in [0.25, 0.3) is 0 Å². The molecule has 7 heteroatoms. The molecule has 0 aliphatic rings. The molecule has 0 saturated carbocycles. The van der Waals surface area contributed by atoms with Gasteiger partial charge in [0.1, 0.15) is 5.75 Å². The summed E-state index contributed by atoms with van der Waals surface area (Å²) in [7, 11) is 1.61. The maximum atomic E-state index is 11.2. The Kier molecular flexibility index (Phi) is 6.22. The van der Waals surface area contributed by atoms with Gasteiger partial charge < -0.3 is 10.7 Å². The third-order valence-corrected chi connectivity index (χ3v) is 3.48.